The maximum absolute atomic E-state index is 13.9. The Bertz CT molecular complexity index is 523. The zero-order valence-corrected chi connectivity index (χ0v) is 12.9. The molecular weight excluding hydrogens is 290 g/mol. The molecule has 1 fully saturated rings. The fourth-order valence-corrected chi connectivity index (χ4v) is 2.91. The van der Waals surface area contributed by atoms with Gasteiger partial charge in [-0.15, -0.1) is 0 Å². The minimum atomic E-state index is -1.34. The predicted octanol–water partition coefficient (Wildman–Crippen LogP) is 1.99. The van der Waals surface area contributed by atoms with Crippen LogP contribution in [0.3, 0.4) is 0 Å². The number of amides is 1. The molecule has 1 aromatic carbocycles. The number of halogens is 2. The first-order valence-electron chi connectivity index (χ1n) is 7.46. The maximum atomic E-state index is 13.9. The van der Waals surface area contributed by atoms with Crippen molar-refractivity contribution < 1.29 is 18.7 Å². The average molecular weight is 312 g/mol. The van der Waals surface area contributed by atoms with Gasteiger partial charge in [0.2, 0.25) is 0 Å². The molecule has 1 saturated carbocycles. The summed E-state index contributed by atoms with van der Waals surface area (Å²) in [4.78, 5) is 13.8. The molecule has 0 radical (unpaired) electrons. The molecule has 0 spiro atoms. The van der Waals surface area contributed by atoms with Crippen molar-refractivity contribution >= 4 is 5.91 Å². The molecule has 0 aromatic heterocycles. The summed E-state index contributed by atoms with van der Waals surface area (Å²) < 4.78 is 27.9. The normalized spacial score (nSPS) is 18.5. The first kappa shape index (κ1) is 16.8. The summed E-state index contributed by atoms with van der Waals surface area (Å²) in [5.74, 6) is -1.76. The molecular formula is C16H22F2N2O2. The summed E-state index contributed by atoms with van der Waals surface area (Å²) >= 11 is 0. The predicted molar refractivity (Wildman–Crippen MR) is 79.2 cm³/mol. The highest BCUT2D eigenvalue weighted by Gasteiger charge is 2.39. The fourth-order valence-electron chi connectivity index (χ4n) is 2.91. The van der Waals surface area contributed by atoms with Crippen molar-refractivity contribution in [2.24, 2.45) is 0 Å². The lowest BCUT2D eigenvalue weighted by Gasteiger charge is -2.28. The lowest BCUT2D eigenvalue weighted by molar-refractivity contribution is -0.139. The van der Waals surface area contributed by atoms with Crippen LogP contribution in [0.2, 0.25) is 0 Å². The molecule has 1 aliphatic rings. The third kappa shape index (κ3) is 3.44. The van der Waals surface area contributed by atoms with Crippen LogP contribution in [0.25, 0.3) is 0 Å². The third-order valence-corrected chi connectivity index (χ3v) is 4.27. The van der Waals surface area contributed by atoms with Crippen LogP contribution in [0, 0.1) is 11.6 Å². The van der Waals surface area contributed by atoms with Crippen LogP contribution in [0.15, 0.2) is 18.2 Å². The molecule has 1 atom stereocenters. The topological polar surface area (TPSA) is 52.6 Å². The van der Waals surface area contributed by atoms with Gasteiger partial charge in [-0.3, -0.25) is 4.79 Å². The van der Waals surface area contributed by atoms with Gasteiger partial charge >= 0.3 is 0 Å². The number of carbonyl (C=O) groups is 1. The van der Waals surface area contributed by atoms with E-state index in [1.165, 1.54) is 18.2 Å². The second-order valence-corrected chi connectivity index (χ2v) is 6.06. The monoisotopic (exact) mass is 312 g/mol. The molecule has 0 saturated heterocycles. The van der Waals surface area contributed by atoms with E-state index in [1.807, 2.05) is 0 Å². The summed E-state index contributed by atoms with van der Waals surface area (Å²) in [7, 11) is 3.37. The van der Waals surface area contributed by atoms with Crippen LogP contribution in [0.5, 0.6) is 0 Å². The van der Waals surface area contributed by atoms with Crippen LogP contribution in [0.4, 0.5) is 8.78 Å². The summed E-state index contributed by atoms with van der Waals surface area (Å²) in [5, 5.41) is 12.9. The number of likely N-dealkylation sites (N-methyl/N-ethyl adjacent to an activating group) is 1. The van der Waals surface area contributed by atoms with E-state index in [0.29, 0.717) is 12.8 Å². The number of nitrogens with zero attached hydrogens (tertiary/aromatic N) is 1. The summed E-state index contributed by atoms with van der Waals surface area (Å²) in [6.45, 7) is 0.0337. The fraction of sp³-hybridized carbons (Fsp3) is 0.562. The minimum Gasteiger partial charge on any atom is -0.380 e. The van der Waals surface area contributed by atoms with E-state index in [2.05, 4.69) is 5.32 Å². The van der Waals surface area contributed by atoms with Crippen molar-refractivity contribution in [1.82, 2.24) is 10.2 Å². The molecule has 1 aromatic rings. The second kappa shape index (κ2) is 6.71. The Morgan fingerprint density at radius 1 is 1.32 bits per heavy atom. The van der Waals surface area contributed by atoms with Gasteiger partial charge in [0, 0.05) is 12.1 Å². The molecule has 22 heavy (non-hydrogen) atoms. The van der Waals surface area contributed by atoms with Gasteiger partial charge in [-0.05, 0) is 51.9 Å². The van der Waals surface area contributed by atoms with Crippen molar-refractivity contribution in [2.75, 3.05) is 20.6 Å². The zero-order chi connectivity index (χ0) is 16.3. The Hall–Kier alpha value is -1.53. The molecule has 2 N–H and O–H groups in total. The van der Waals surface area contributed by atoms with Crippen LogP contribution < -0.4 is 5.32 Å². The number of carbonyl (C=O) groups excluding carboxylic acids is 1. The van der Waals surface area contributed by atoms with Gasteiger partial charge in [-0.2, -0.15) is 0 Å². The second-order valence-electron chi connectivity index (χ2n) is 6.06. The summed E-state index contributed by atoms with van der Waals surface area (Å²) in [6, 6.07) is 3.05. The van der Waals surface area contributed by atoms with E-state index in [4.69, 9.17) is 0 Å². The highest BCUT2D eigenvalue weighted by molar-refractivity contribution is 5.85. The first-order valence-corrected chi connectivity index (χ1v) is 7.46. The Kier molecular flexibility index (Phi) is 5.13. The molecule has 122 valence electrons. The van der Waals surface area contributed by atoms with Crippen LogP contribution >= 0.6 is 0 Å². The standard InChI is InChI=1S/C16H22F2N2O2/c1-20(2)13(14-11(17)6-5-7-12(14)18)10-19-15(21)16(22)8-3-4-9-16/h5-7,13,22H,3-4,8-10H2,1-2H3,(H,19,21). The molecule has 0 bridgehead atoms. The van der Waals surface area contributed by atoms with Gasteiger partial charge in [-0.25, -0.2) is 8.78 Å². The molecule has 4 nitrogen and oxygen atoms in total. The van der Waals surface area contributed by atoms with E-state index in [1.54, 1.807) is 19.0 Å². The highest BCUT2D eigenvalue weighted by Crippen LogP contribution is 2.30. The van der Waals surface area contributed by atoms with E-state index in [-0.39, 0.29) is 12.1 Å². The van der Waals surface area contributed by atoms with Gasteiger partial charge in [0.25, 0.3) is 5.91 Å². The lowest BCUT2D eigenvalue weighted by atomic mass is 10.0. The summed E-state index contributed by atoms with van der Waals surface area (Å²) in [6.07, 6.45) is 2.48. The largest absolute Gasteiger partial charge is 0.380 e. The van der Waals surface area contributed by atoms with Crippen LogP contribution in [-0.4, -0.2) is 42.2 Å². The summed E-state index contributed by atoms with van der Waals surface area (Å²) in [5.41, 5.74) is -1.42. The minimum absolute atomic E-state index is 0.0337. The van der Waals surface area contributed by atoms with Gasteiger partial charge < -0.3 is 15.3 Å². The van der Waals surface area contributed by atoms with E-state index >= 15 is 0 Å². The SMILES string of the molecule is CN(C)C(CNC(=O)C1(O)CCCC1)c1c(F)cccc1F. The smallest absolute Gasteiger partial charge is 0.252 e. The van der Waals surface area contributed by atoms with E-state index in [9.17, 15) is 18.7 Å². The van der Waals surface area contributed by atoms with Crippen LogP contribution in [-0.2, 0) is 4.79 Å². The molecule has 0 heterocycles. The molecule has 6 heteroatoms. The van der Waals surface area contributed by atoms with Gasteiger partial charge in [0.05, 0.1) is 6.04 Å². The Balaban J connectivity index is 2.12. The van der Waals surface area contributed by atoms with Gasteiger partial charge in [0.1, 0.15) is 17.2 Å². The third-order valence-electron chi connectivity index (χ3n) is 4.27. The first-order chi connectivity index (χ1) is 10.3. The number of hydrogen-bond acceptors (Lipinski definition) is 3. The Labute approximate surface area is 129 Å². The maximum Gasteiger partial charge on any atom is 0.252 e. The molecule has 0 aliphatic heterocycles. The Morgan fingerprint density at radius 2 is 1.86 bits per heavy atom. The number of benzene rings is 1. The zero-order valence-electron chi connectivity index (χ0n) is 12.9. The van der Waals surface area contributed by atoms with Gasteiger partial charge in [0.15, 0.2) is 0 Å². The lowest BCUT2D eigenvalue weighted by Crippen LogP contribution is -2.47. The van der Waals surface area contributed by atoms with E-state index < -0.39 is 29.2 Å². The number of rotatable bonds is 5. The molecule has 2 rings (SSSR count). The van der Waals surface area contributed by atoms with Crippen molar-refractivity contribution in [3.05, 3.63) is 35.4 Å². The Morgan fingerprint density at radius 3 is 2.36 bits per heavy atom. The van der Waals surface area contributed by atoms with Crippen molar-refractivity contribution in [2.45, 2.75) is 37.3 Å². The highest BCUT2D eigenvalue weighted by atomic mass is 19.1. The van der Waals surface area contributed by atoms with Crippen molar-refractivity contribution in [3.8, 4) is 0 Å². The van der Waals surface area contributed by atoms with Gasteiger partial charge in [-0.1, -0.05) is 6.07 Å². The molecule has 1 unspecified atom stereocenters. The van der Waals surface area contributed by atoms with Crippen molar-refractivity contribution in [1.29, 1.82) is 0 Å². The quantitative estimate of drug-likeness (QED) is 0.874. The number of aliphatic hydroxyl groups is 1. The van der Waals surface area contributed by atoms with Crippen LogP contribution in [0.1, 0.15) is 37.3 Å². The molecule has 1 amide bonds. The molecule has 1 aliphatic carbocycles. The number of hydrogen-bond donors (Lipinski definition) is 2. The average Bonchev–Trinajstić information content (AvgIpc) is 2.89. The van der Waals surface area contributed by atoms with Crippen molar-refractivity contribution in [3.63, 3.8) is 0 Å². The number of nitrogens with one attached hydrogen (secondary N) is 1. The van der Waals surface area contributed by atoms with E-state index in [0.717, 1.165) is 12.8 Å².